The van der Waals surface area contributed by atoms with Crippen molar-refractivity contribution in [2.24, 2.45) is 5.73 Å². The molecule has 0 bridgehead atoms. The Balaban J connectivity index is 2.71. The van der Waals surface area contributed by atoms with Crippen LogP contribution in [0.4, 0.5) is 13.2 Å². The van der Waals surface area contributed by atoms with E-state index in [0.717, 1.165) is 6.20 Å². The Morgan fingerprint density at radius 3 is 2.40 bits per heavy atom. The van der Waals surface area contributed by atoms with Gasteiger partial charge in [-0.05, 0) is 36.2 Å². The average Bonchev–Trinajstić information content (AvgIpc) is 2.49. The van der Waals surface area contributed by atoms with Gasteiger partial charge < -0.3 is 5.73 Å². The van der Waals surface area contributed by atoms with Crippen molar-refractivity contribution in [2.75, 3.05) is 5.75 Å². The van der Waals surface area contributed by atoms with Gasteiger partial charge in [-0.1, -0.05) is 0 Å². The molecule has 3 N–H and O–H groups in total. The second-order valence-corrected chi connectivity index (χ2v) is 6.85. The summed E-state index contributed by atoms with van der Waals surface area (Å²) in [5, 5.41) is 0. The van der Waals surface area contributed by atoms with Gasteiger partial charge in [0.05, 0.1) is 5.75 Å². The third-order valence-corrected chi connectivity index (χ3v) is 4.34. The van der Waals surface area contributed by atoms with E-state index in [1.165, 1.54) is 13.0 Å². The number of hydrogen-bond donors (Lipinski definition) is 2. The zero-order valence-corrected chi connectivity index (χ0v) is 13.6. The van der Waals surface area contributed by atoms with Crippen LogP contribution in [-0.4, -0.2) is 29.6 Å². The minimum absolute atomic E-state index is 0.00831. The average molecular weight is 374 g/mol. The molecule has 25 heavy (non-hydrogen) atoms. The number of nitrogens with zero attached hydrogens (tertiary/aromatic N) is 1. The zero-order valence-electron chi connectivity index (χ0n) is 12.8. The van der Waals surface area contributed by atoms with Gasteiger partial charge in [0.2, 0.25) is 0 Å². The van der Waals surface area contributed by atoms with Crippen molar-refractivity contribution in [1.29, 1.82) is 0 Å². The normalized spacial score (nSPS) is 12.8. The molecule has 0 aliphatic carbocycles. The predicted octanol–water partition coefficient (Wildman–Crippen LogP) is 1.93. The molecular weight excluding hydrogens is 361 g/mol. The summed E-state index contributed by atoms with van der Waals surface area (Å²) in [6, 6.07) is 2.40. The van der Waals surface area contributed by atoms with E-state index in [9.17, 15) is 26.4 Å². The quantitative estimate of drug-likeness (QED) is 0.614. The maximum absolute atomic E-state index is 14.1. The summed E-state index contributed by atoms with van der Waals surface area (Å²) >= 11 is 0. The van der Waals surface area contributed by atoms with E-state index in [4.69, 9.17) is 10.3 Å². The van der Waals surface area contributed by atoms with Crippen molar-refractivity contribution in [1.82, 2.24) is 4.98 Å². The summed E-state index contributed by atoms with van der Waals surface area (Å²) in [6.07, 6.45) is 1.01. The molecule has 0 aliphatic rings. The van der Waals surface area contributed by atoms with Crippen LogP contribution in [0.25, 0.3) is 0 Å². The largest absolute Gasteiger partial charge is 0.364 e. The number of nitrogens with two attached hydrogens (primary N) is 1. The van der Waals surface area contributed by atoms with E-state index in [2.05, 4.69) is 4.98 Å². The van der Waals surface area contributed by atoms with E-state index in [1.54, 1.807) is 0 Å². The molecule has 1 aromatic heterocycles. The van der Waals surface area contributed by atoms with Gasteiger partial charge in [-0.25, -0.2) is 13.2 Å². The van der Waals surface area contributed by atoms with Gasteiger partial charge in [0.1, 0.15) is 11.5 Å². The minimum atomic E-state index is -4.68. The number of primary amides is 1. The highest BCUT2D eigenvalue weighted by Crippen LogP contribution is 2.33. The summed E-state index contributed by atoms with van der Waals surface area (Å²) < 4.78 is 73.5. The van der Waals surface area contributed by atoms with E-state index in [1.807, 2.05) is 0 Å². The zero-order chi connectivity index (χ0) is 18.9. The fourth-order valence-electron chi connectivity index (χ4n) is 2.47. The number of rotatable bonds is 5. The molecule has 1 amide bonds. The Morgan fingerprint density at radius 2 is 1.88 bits per heavy atom. The highest BCUT2D eigenvalue weighted by atomic mass is 32.2. The molecule has 1 aromatic carbocycles. The van der Waals surface area contributed by atoms with Crippen LogP contribution in [0.2, 0.25) is 0 Å². The first-order valence-electron chi connectivity index (χ1n) is 6.86. The smallest absolute Gasteiger partial charge is 0.267 e. The number of benzene rings is 1. The molecular formula is C15H13F3N2O4S. The highest BCUT2D eigenvalue weighted by molar-refractivity contribution is 7.85. The Hall–Kier alpha value is -2.46. The number of carbonyl (C=O) groups excluding carboxylic acids is 1. The molecule has 2 rings (SSSR count). The van der Waals surface area contributed by atoms with Crippen molar-refractivity contribution >= 4 is 16.0 Å². The Bertz CT molecular complexity index is 948. The van der Waals surface area contributed by atoms with E-state index in [0.29, 0.717) is 12.1 Å². The fraction of sp³-hybridized carbons (Fsp3) is 0.200. The Morgan fingerprint density at radius 1 is 1.28 bits per heavy atom. The van der Waals surface area contributed by atoms with Gasteiger partial charge in [0.15, 0.2) is 11.6 Å². The van der Waals surface area contributed by atoms with Crippen molar-refractivity contribution in [3.8, 4) is 0 Å². The number of hydrogen-bond acceptors (Lipinski definition) is 4. The first-order valence-corrected chi connectivity index (χ1v) is 8.47. The van der Waals surface area contributed by atoms with Crippen molar-refractivity contribution in [3.05, 3.63) is 64.2 Å². The van der Waals surface area contributed by atoms with Crippen LogP contribution in [-0.2, 0) is 10.1 Å². The van der Waals surface area contributed by atoms with Crippen LogP contribution in [0.5, 0.6) is 0 Å². The maximum atomic E-state index is 14.1. The number of halogens is 3. The summed E-state index contributed by atoms with van der Waals surface area (Å²) in [7, 11) is -4.68. The molecule has 0 spiro atoms. The number of carbonyl (C=O) groups is 1. The second-order valence-electron chi connectivity index (χ2n) is 5.35. The van der Waals surface area contributed by atoms with Crippen LogP contribution in [0.15, 0.2) is 24.4 Å². The molecule has 1 unspecified atom stereocenters. The van der Waals surface area contributed by atoms with Gasteiger partial charge in [-0.15, -0.1) is 0 Å². The van der Waals surface area contributed by atoms with Crippen molar-refractivity contribution < 1.29 is 30.9 Å². The number of pyridine rings is 1. The molecule has 2 aromatic rings. The van der Waals surface area contributed by atoms with E-state index >= 15 is 0 Å². The summed E-state index contributed by atoms with van der Waals surface area (Å²) in [6.45, 7) is 1.43. The molecule has 134 valence electrons. The Kier molecular flexibility index (Phi) is 5.14. The number of aromatic nitrogens is 1. The second kappa shape index (κ2) is 6.81. The third-order valence-electron chi connectivity index (χ3n) is 3.58. The SMILES string of the molecule is Cc1cc(C(N)=O)ncc1C(CS(=O)(=O)O)c1c(F)ccc(F)c1F. The predicted molar refractivity (Wildman–Crippen MR) is 82.1 cm³/mol. The lowest BCUT2D eigenvalue weighted by Crippen LogP contribution is -2.20. The molecule has 1 atom stereocenters. The van der Waals surface area contributed by atoms with Crippen LogP contribution >= 0.6 is 0 Å². The first-order chi connectivity index (χ1) is 11.5. The van der Waals surface area contributed by atoms with E-state index in [-0.39, 0.29) is 16.8 Å². The number of amides is 1. The summed E-state index contributed by atoms with van der Waals surface area (Å²) in [5.41, 5.74) is 4.30. The van der Waals surface area contributed by atoms with Crippen LogP contribution in [0.1, 0.15) is 33.1 Å². The molecule has 0 aliphatic heterocycles. The molecule has 0 radical (unpaired) electrons. The van der Waals surface area contributed by atoms with Crippen LogP contribution in [0.3, 0.4) is 0 Å². The highest BCUT2D eigenvalue weighted by Gasteiger charge is 2.30. The first kappa shape index (κ1) is 18.9. The lowest BCUT2D eigenvalue weighted by molar-refractivity contribution is 0.0995. The molecule has 0 fully saturated rings. The van der Waals surface area contributed by atoms with Gasteiger partial charge in [0, 0.05) is 17.7 Å². The summed E-state index contributed by atoms with van der Waals surface area (Å²) in [5.74, 6) is -7.69. The van der Waals surface area contributed by atoms with Gasteiger partial charge in [-0.2, -0.15) is 8.42 Å². The lowest BCUT2D eigenvalue weighted by Gasteiger charge is -2.20. The third kappa shape index (κ3) is 4.15. The Labute approximate surface area is 141 Å². The molecule has 1 heterocycles. The topological polar surface area (TPSA) is 110 Å². The standard InChI is InChI=1S/C15H13F3N2O4S/c1-7-4-12(15(19)21)20-5-8(7)9(6-25(22,23)24)13-10(16)2-3-11(17)14(13)18/h2-5,9H,6H2,1H3,(H2,19,21)(H,22,23,24). The van der Waals surface area contributed by atoms with Gasteiger partial charge >= 0.3 is 0 Å². The molecule has 0 saturated carbocycles. The van der Waals surface area contributed by atoms with Crippen molar-refractivity contribution in [2.45, 2.75) is 12.8 Å². The van der Waals surface area contributed by atoms with Crippen LogP contribution in [0, 0.1) is 24.4 Å². The number of aryl methyl sites for hydroxylation is 1. The summed E-state index contributed by atoms with van der Waals surface area (Å²) in [4.78, 5) is 14.8. The monoisotopic (exact) mass is 374 g/mol. The van der Waals surface area contributed by atoms with Gasteiger partial charge in [-0.3, -0.25) is 14.3 Å². The molecule has 0 saturated heterocycles. The molecule has 6 nitrogen and oxygen atoms in total. The molecule has 10 heteroatoms. The minimum Gasteiger partial charge on any atom is -0.364 e. The van der Waals surface area contributed by atoms with Crippen molar-refractivity contribution in [3.63, 3.8) is 0 Å². The van der Waals surface area contributed by atoms with Crippen LogP contribution < -0.4 is 5.73 Å². The maximum Gasteiger partial charge on any atom is 0.267 e. The lowest BCUT2D eigenvalue weighted by atomic mass is 9.90. The van der Waals surface area contributed by atoms with E-state index < -0.39 is 50.7 Å². The fourth-order valence-corrected chi connectivity index (χ4v) is 3.23. The van der Waals surface area contributed by atoms with Gasteiger partial charge in [0.25, 0.3) is 16.0 Å².